The van der Waals surface area contributed by atoms with Crippen molar-refractivity contribution in [2.75, 3.05) is 25.1 Å². The molecule has 2 aliphatic rings. The molecule has 2 aliphatic heterocycles. The van der Waals surface area contributed by atoms with E-state index in [0.717, 1.165) is 28.6 Å². The Morgan fingerprint density at radius 2 is 2.17 bits per heavy atom. The van der Waals surface area contributed by atoms with Gasteiger partial charge >= 0.3 is 0 Å². The first-order valence-electron chi connectivity index (χ1n) is 10.3. The predicted molar refractivity (Wildman–Crippen MR) is 114 cm³/mol. The topological polar surface area (TPSA) is 97.8 Å². The minimum atomic E-state index is -0.459. The van der Waals surface area contributed by atoms with Gasteiger partial charge in [-0.3, -0.25) is 14.6 Å². The van der Waals surface area contributed by atoms with Crippen molar-refractivity contribution in [2.24, 2.45) is 10.9 Å². The predicted octanol–water partition coefficient (Wildman–Crippen LogP) is 2.08. The molecule has 154 valence electrons. The summed E-state index contributed by atoms with van der Waals surface area (Å²) in [6.07, 6.45) is 1.97. The molecule has 0 aliphatic carbocycles. The number of ketones is 1. The SMILES string of the molecule is CC(C)[C@H]1C(=O)N[C@H](CO)Cc2c(C(=O)C3=NCCC3)[nH]c3cccc(c23)N1C. The van der Waals surface area contributed by atoms with Gasteiger partial charge in [-0.1, -0.05) is 19.9 Å². The highest BCUT2D eigenvalue weighted by molar-refractivity contribution is 6.46. The number of aliphatic hydroxyl groups excluding tert-OH is 1. The molecule has 2 aromatic rings. The molecule has 1 amide bonds. The second-order valence-electron chi connectivity index (χ2n) is 8.33. The monoisotopic (exact) mass is 396 g/mol. The van der Waals surface area contributed by atoms with Crippen LogP contribution in [0.3, 0.4) is 0 Å². The molecule has 7 heteroatoms. The van der Waals surface area contributed by atoms with E-state index in [0.29, 0.717) is 30.8 Å². The van der Waals surface area contributed by atoms with Crippen LogP contribution in [0, 0.1) is 5.92 Å². The Balaban J connectivity index is 1.94. The Labute approximate surface area is 170 Å². The number of rotatable bonds is 4. The van der Waals surface area contributed by atoms with Crippen LogP contribution in [0.15, 0.2) is 23.2 Å². The van der Waals surface area contributed by atoms with Crippen molar-refractivity contribution in [3.8, 4) is 0 Å². The summed E-state index contributed by atoms with van der Waals surface area (Å²) in [5.74, 6) is -0.116. The maximum Gasteiger partial charge on any atom is 0.243 e. The van der Waals surface area contributed by atoms with E-state index in [-0.39, 0.29) is 30.3 Å². The van der Waals surface area contributed by atoms with Gasteiger partial charge in [0.2, 0.25) is 11.7 Å². The Morgan fingerprint density at radius 3 is 2.83 bits per heavy atom. The minimum Gasteiger partial charge on any atom is -0.394 e. The van der Waals surface area contributed by atoms with Crippen LogP contribution < -0.4 is 10.2 Å². The number of amides is 1. The summed E-state index contributed by atoms with van der Waals surface area (Å²) < 4.78 is 0. The maximum absolute atomic E-state index is 13.2. The Hall–Kier alpha value is -2.67. The molecule has 0 spiro atoms. The van der Waals surface area contributed by atoms with Crippen molar-refractivity contribution >= 4 is 34.0 Å². The van der Waals surface area contributed by atoms with Gasteiger partial charge in [-0.05, 0) is 42.9 Å². The molecule has 4 rings (SSSR count). The van der Waals surface area contributed by atoms with Crippen molar-refractivity contribution < 1.29 is 14.7 Å². The fourth-order valence-electron chi connectivity index (χ4n) is 4.63. The number of nitrogens with one attached hydrogen (secondary N) is 2. The molecule has 1 aromatic heterocycles. The number of aromatic amines is 1. The van der Waals surface area contributed by atoms with Crippen LogP contribution in [0.25, 0.3) is 10.9 Å². The summed E-state index contributed by atoms with van der Waals surface area (Å²) >= 11 is 0. The van der Waals surface area contributed by atoms with Crippen molar-refractivity contribution in [3.05, 3.63) is 29.5 Å². The lowest BCUT2D eigenvalue weighted by Crippen LogP contribution is -2.52. The smallest absolute Gasteiger partial charge is 0.243 e. The molecule has 1 aromatic carbocycles. The Bertz CT molecular complexity index is 991. The number of anilines is 1. The van der Waals surface area contributed by atoms with Crippen LogP contribution in [-0.2, 0) is 11.2 Å². The van der Waals surface area contributed by atoms with Crippen molar-refractivity contribution in [3.63, 3.8) is 0 Å². The van der Waals surface area contributed by atoms with Crippen LogP contribution in [0.5, 0.6) is 0 Å². The summed E-state index contributed by atoms with van der Waals surface area (Å²) in [6, 6.07) is 5.04. The van der Waals surface area contributed by atoms with Gasteiger partial charge in [-0.25, -0.2) is 0 Å². The number of aliphatic imine (C=N–C) groups is 1. The number of hydrogen-bond acceptors (Lipinski definition) is 5. The normalized spacial score (nSPS) is 22.3. The minimum absolute atomic E-state index is 0.0732. The van der Waals surface area contributed by atoms with E-state index in [9.17, 15) is 14.7 Å². The van der Waals surface area contributed by atoms with Gasteiger partial charge in [0.15, 0.2) is 0 Å². The van der Waals surface area contributed by atoms with Crippen molar-refractivity contribution in [2.45, 2.75) is 45.2 Å². The van der Waals surface area contributed by atoms with Crippen LogP contribution >= 0.6 is 0 Å². The lowest BCUT2D eigenvalue weighted by molar-refractivity contribution is -0.124. The standard InChI is InChI=1S/C22H28N4O3/c1-12(2)20-22(29)24-13(11-27)10-14-18-15(6-4-8-17(18)26(20)3)25-19(14)21(28)16-7-5-9-23-16/h4,6,8,12-13,20,25,27H,5,7,9-11H2,1-3H3,(H,24,29)/t13-,20-/m0/s1. The molecule has 0 fully saturated rings. The first-order valence-corrected chi connectivity index (χ1v) is 10.3. The molecular weight excluding hydrogens is 368 g/mol. The number of H-pyrrole nitrogens is 1. The summed E-state index contributed by atoms with van der Waals surface area (Å²) in [6.45, 7) is 4.52. The number of Topliss-reactive ketones (excluding diaryl/α,β-unsaturated/α-hetero) is 1. The number of likely N-dealkylation sites (N-methyl/N-ethyl adjacent to an activating group) is 1. The first kappa shape index (κ1) is 19.6. The average Bonchev–Trinajstić information content (AvgIpc) is 3.34. The van der Waals surface area contributed by atoms with E-state index in [1.165, 1.54) is 0 Å². The third-order valence-corrected chi connectivity index (χ3v) is 5.98. The van der Waals surface area contributed by atoms with Crippen LogP contribution in [0.4, 0.5) is 5.69 Å². The summed E-state index contributed by atoms with van der Waals surface area (Å²) in [5.41, 5.74) is 3.74. The number of carbonyl (C=O) groups excluding carboxylic acids is 2. The highest BCUT2D eigenvalue weighted by atomic mass is 16.3. The maximum atomic E-state index is 13.2. The van der Waals surface area contributed by atoms with Gasteiger partial charge < -0.3 is 20.3 Å². The van der Waals surface area contributed by atoms with Gasteiger partial charge in [-0.15, -0.1) is 0 Å². The Kier molecular flexibility index (Phi) is 5.17. The molecule has 3 N–H and O–H groups in total. The third-order valence-electron chi connectivity index (χ3n) is 5.98. The van der Waals surface area contributed by atoms with Gasteiger partial charge in [0.1, 0.15) is 6.04 Å². The van der Waals surface area contributed by atoms with E-state index in [4.69, 9.17) is 0 Å². The second kappa shape index (κ2) is 7.63. The lowest BCUT2D eigenvalue weighted by Gasteiger charge is -2.32. The second-order valence-corrected chi connectivity index (χ2v) is 8.33. The Morgan fingerprint density at radius 1 is 1.38 bits per heavy atom. The molecule has 0 radical (unpaired) electrons. The van der Waals surface area contributed by atoms with E-state index >= 15 is 0 Å². The molecule has 0 saturated heterocycles. The zero-order valence-electron chi connectivity index (χ0n) is 17.2. The lowest BCUT2D eigenvalue weighted by atomic mass is 9.98. The zero-order chi connectivity index (χ0) is 20.7. The molecule has 0 saturated carbocycles. The molecule has 2 atom stereocenters. The number of aromatic nitrogens is 1. The molecule has 3 heterocycles. The zero-order valence-corrected chi connectivity index (χ0v) is 17.2. The quantitative estimate of drug-likeness (QED) is 0.689. The summed E-state index contributed by atoms with van der Waals surface area (Å²) in [5, 5.41) is 13.9. The van der Waals surface area contributed by atoms with Crippen LogP contribution in [-0.4, -0.2) is 59.8 Å². The largest absolute Gasteiger partial charge is 0.394 e. The molecule has 0 unspecified atom stereocenters. The molecule has 0 bridgehead atoms. The van der Waals surface area contributed by atoms with E-state index in [1.807, 2.05) is 44.0 Å². The van der Waals surface area contributed by atoms with E-state index < -0.39 is 6.04 Å². The number of aliphatic hydroxyl groups is 1. The van der Waals surface area contributed by atoms with Crippen molar-refractivity contribution in [1.29, 1.82) is 0 Å². The summed E-state index contributed by atoms with van der Waals surface area (Å²) in [4.78, 5) is 35.9. The molecule has 29 heavy (non-hydrogen) atoms. The van der Waals surface area contributed by atoms with E-state index in [1.54, 1.807) is 0 Å². The fourth-order valence-corrected chi connectivity index (χ4v) is 4.63. The van der Waals surface area contributed by atoms with Crippen molar-refractivity contribution in [1.82, 2.24) is 10.3 Å². The number of nitrogens with zero attached hydrogens (tertiary/aromatic N) is 2. The van der Waals surface area contributed by atoms with Gasteiger partial charge in [-0.2, -0.15) is 0 Å². The average molecular weight is 396 g/mol. The van der Waals surface area contributed by atoms with Gasteiger partial charge in [0.25, 0.3) is 0 Å². The number of benzene rings is 1. The number of carbonyl (C=O) groups is 2. The highest BCUT2D eigenvalue weighted by Gasteiger charge is 2.34. The first-order chi connectivity index (χ1) is 13.9. The highest BCUT2D eigenvalue weighted by Crippen LogP contribution is 2.35. The fraction of sp³-hybridized carbons (Fsp3) is 0.500. The summed E-state index contributed by atoms with van der Waals surface area (Å²) in [7, 11) is 1.91. The molecule has 7 nitrogen and oxygen atoms in total. The number of hydrogen-bond donors (Lipinski definition) is 3. The van der Waals surface area contributed by atoms with Gasteiger partial charge in [0.05, 0.1) is 24.1 Å². The molecular formula is C22H28N4O3. The van der Waals surface area contributed by atoms with E-state index in [2.05, 4.69) is 15.3 Å². The van der Waals surface area contributed by atoms with Crippen LogP contribution in [0.1, 0.15) is 42.7 Å². The van der Waals surface area contributed by atoms with Gasteiger partial charge in [0, 0.05) is 30.2 Å². The van der Waals surface area contributed by atoms with Crippen LogP contribution in [0.2, 0.25) is 0 Å². The third kappa shape index (κ3) is 3.33.